The number of rotatable bonds is 4. The molecule has 30 heavy (non-hydrogen) atoms. The van der Waals surface area contributed by atoms with Gasteiger partial charge in [-0.15, -0.1) is 0 Å². The van der Waals surface area contributed by atoms with Gasteiger partial charge in [-0.05, 0) is 66.9 Å². The van der Waals surface area contributed by atoms with Crippen LogP contribution in [0.2, 0.25) is 10.0 Å². The van der Waals surface area contributed by atoms with Crippen molar-refractivity contribution in [2.24, 2.45) is 0 Å². The van der Waals surface area contributed by atoms with Gasteiger partial charge < -0.3 is 5.32 Å². The van der Waals surface area contributed by atoms with Gasteiger partial charge in [0.2, 0.25) is 0 Å². The topological polar surface area (TPSA) is 49.4 Å². The van der Waals surface area contributed by atoms with Crippen LogP contribution in [-0.4, -0.2) is 11.8 Å². The Morgan fingerprint density at radius 1 is 0.767 bits per heavy atom. The third-order valence-corrected chi connectivity index (χ3v) is 5.51. The molecular weight excluding hydrogens is 419 g/mol. The standard InChI is InChI=1S/C24H18Cl2N2O2/c1-14-5-3-4-6-19(14)27-22-21(16-7-9-17(25)10-8-16)23(29)28(24(22)30)20-12-11-18(26)13-15(20)2/h3-13,27H,1-2H3. The summed E-state index contributed by atoms with van der Waals surface area (Å²) in [6.45, 7) is 3.75. The lowest BCUT2D eigenvalue weighted by molar-refractivity contribution is -0.120. The molecule has 3 aromatic rings. The van der Waals surface area contributed by atoms with Crippen molar-refractivity contribution in [2.75, 3.05) is 10.2 Å². The van der Waals surface area contributed by atoms with Crippen molar-refractivity contribution in [2.45, 2.75) is 13.8 Å². The van der Waals surface area contributed by atoms with E-state index in [0.29, 0.717) is 26.9 Å². The van der Waals surface area contributed by atoms with Crippen LogP contribution >= 0.6 is 23.2 Å². The summed E-state index contributed by atoms with van der Waals surface area (Å²) in [5.74, 6) is -0.817. The van der Waals surface area contributed by atoms with Gasteiger partial charge in [0.25, 0.3) is 11.8 Å². The molecule has 1 aliphatic heterocycles. The first kappa shape index (κ1) is 20.2. The first-order valence-corrected chi connectivity index (χ1v) is 10.1. The van der Waals surface area contributed by atoms with Crippen LogP contribution in [0.4, 0.5) is 11.4 Å². The number of hydrogen-bond donors (Lipinski definition) is 1. The highest BCUT2D eigenvalue weighted by Gasteiger charge is 2.40. The van der Waals surface area contributed by atoms with Crippen molar-refractivity contribution >= 4 is 52.0 Å². The molecule has 0 radical (unpaired) electrons. The summed E-state index contributed by atoms with van der Waals surface area (Å²) >= 11 is 12.1. The van der Waals surface area contributed by atoms with Gasteiger partial charge in [-0.25, -0.2) is 4.90 Å². The second kappa shape index (κ2) is 7.98. The van der Waals surface area contributed by atoms with E-state index >= 15 is 0 Å². The van der Waals surface area contributed by atoms with Gasteiger partial charge >= 0.3 is 0 Å². The Kier molecular flexibility index (Phi) is 5.37. The summed E-state index contributed by atoms with van der Waals surface area (Å²) in [4.78, 5) is 28.1. The fraction of sp³-hybridized carbons (Fsp3) is 0.0833. The van der Waals surface area contributed by atoms with Crippen molar-refractivity contribution in [3.8, 4) is 0 Å². The maximum Gasteiger partial charge on any atom is 0.282 e. The lowest BCUT2D eigenvalue weighted by Crippen LogP contribution is -2.33. The quantitative estimate of drug-likeness (QED) is 0.509. The number of para-hydroxylation sites is 1. The van der Waals surface area contributed by atoms with Crippen LogP contribution in [0.15, 0.2) is 72.4 Å². The smallest absolute Gasteiger partial charge is 0.282 e. The van der Waals surface area contributed by atoms with Crippen molar-refractivity contribution in [1.29, 1.82) is 0 Å². The third-order valence-electron chi connectivity index (χ3n) is 5.02. The normalized spacial score (nSPS) is 13.9. The van der Waals surface area contributed by atoms with E-state index in [0.717, 1.165) is 16.8 Å². The maximum absolute atomic E-state index is 13.5. The number of carbonyl (C=O) groups is 2. The molecule has 150 valence electrons. The predicted octanol–water partition coefficient (Wildman–Crippen LogP) is 6.01. The van der Waals surface area contributed by atoms with Gasteiger partial charge in [-0.1, -0.05) is 53.5 Å². The number of halogens is 2. The predicted molar refractivity (Wildman–Crippen MR) is 122 cm³/mol. The van der Waals surface area contributed by atoms with E-state index in [4.69, 9.17) is 23.2 Å². The molecule has 0 saturated carbocycles. The number of hydrogen-bond acceptors (Lipinski definition) is 3. The first-order chi connectivity index (χ1) is 14.4. The maximum atomic E-state index is 13.5. The Balaban J connectivity index is 1.86. The molecule has 0 aliphatic carbocycles. The average Bonchev–Trinajstić information content (AvgIpc) is 2.95. The van der Waals surface area contributed by atoms with Crippen LogP contribution in [0, 0.1) is 13.8 Å². The first-order valence-electron chi connectivity index (χ1n) is 9.34. The molecule has 4 rings (SSSR count). The summed E-state index contributed by atoms with van der Waals surface area (Å²) in [5, 5.41) is 4.28. The molecule has 0 atom stereocenters. The van der Waals surface area contributed by atoms with Crippen LogP contribution in [0.1, 0.15) is 16.7 Å². The number of amides is 2. The third kappa shape index (κ3) is 3.60. The zero-order chi connectivity index (χ0) is 21.4. The number of benzene rings is 3. The van der Waals surface area contributed by atoms with E-state index in [-0.39, 0.29) is 5.70 Å². The van der Waals surface area contributed by atoms with Crippen molar-refractivity contribution in [1.82, 2.24) is 0 Å². The lowest BCUT2D eigenvalue weighted by atomic mass is 10.0. The molecule has 0 spiro atoms. The van der Waals surface area contributed by atoms with Crippen molar-refractivity contribution in [3.05, 3.63) is 99.2 Å². The average molecular weight is 437 g/mol. The second-order valence-electron chi connectivity index (χ2n) is 7.07. The Morgan fingerprint density at radius 3 is 2.10 bits per heavy atom. The monoisotopic (exact) mass is 436 g/mol. The largest absolute Gasteiger partial charge is 0.350 e. The van der Waals surface area contributed by atoms with E-state index in [1.165, 1.54) is 4.90 Å². The molecule has 1 aliphatic rings. The minimum absolute atomic E-state index is 0.228. The summed E-state index contributed by atoms with van der Waals surface area (Å²) in [6.07, 6.45) is 0. The van der Waals surface area contributed by atoms with Crippen LogP contribution in [-0.2, 0) is 9.59 Å². The number of anilines is 2. The van der Waals surface area contributed by atoms with E-state index in [9.17, 15) is 9.59 Å². The molecule has 4 nitrogen and oxygen atoms in total. The summed E-state index contributed by atoms with van der Waals surface area (Å²) < 4.78 is 0. The van der Waals surface area contributed by atoms with Crippen molar-refractivity contribution < 1.29 is 9.59 Å². The Bertz CT molecular complexity index is 1200. The number of carbonyl (C=O) groups excluding carboxylic acids is 2. The SMILES string of the molecule is Cc1ccccc1NC1=C(c2ccc(Cl)cc2)C(=O)N(c2ccc(Cl)cc2C)C1=O. The van der Waals surface area contributed by atoms with E-state index < -0.39 is 11.8 Å². The lowest BCUT2D eigenvalue weighted by Gasteiger charge is -2.18. The molecule has 2 amide bonds. The second-order valence-corrected chi connectivity index (χ2v) is 7.95. The summed E-state index contributed by atoms with van der Waals surface area (Å²) in [5.41, 5.74) is 4.10. The molecule has 1 N–H and O–H groups in total. The van der Waals surface area contributed by atoms with Gasteiger partial charge in [-0.3, -0.25) is 9.59 Å². The number of nitrogens with zero attached hydrogens (tertiary/aromatic N) is 1. The zero-order valence-electron chi connectivity index (χ0n) is 16.4. The van der Waals surface area contributed by atoms with E-state index in [2.05, 4.69) is 5.32 Å². The molecule has 6 heteroatoms. The highest BCUT2D eigenvalue weighted by Crippen LogP contribution is 2.36. The fourth-order valence-corrected chi connectivity index (χ4v) is 3.82. The van der Waals surface area contributed by atoms with Gasteiger partial charge in [0.15, 0.2) is 0 Å². The van der Waals surface area contributed by atoms with Crippen LogP contribution in [0.3, 0.4) is 0 Å². The zero-order valence-corrected chi connectivity index (χ0v) is 17.9. The van der Waals surface area contributed by atoms with Gasteiger partial charge in [0.05, 0.1) is 11.3 Å². The molecule has 0 bridgehead atoms. The fourth-order valence-electron chi connectivity index (χ4n) is 3.47. The highest BCUT2D eigenvalue weighted by atomic mass is 35.5. The Labute approximate surface area is 184 Å². The van der Waals surface area contributed by atoms with Gasteiger partial charge in [0.1, 0.15) is 5.70 Å². The Hall–Kier alpha value is -3.08. The summed E-state index contributed by atoms with van der Waals surface area (Å²) in [7, 11) is 0. The number of nitrogens with one attached hydrogen (secondary N) is 1. The molecule has 0 fully saturated rings. The molecule has 0 saturated heterocycles. The van der Waals surface area contributed by atoms with Gasteiger partial charge in [0, 0.05) is 15.7 Å². The molecule has 0 unspecified atom stereocenters. The van der Waals surface area contributed by atoms with Crippen molar-refractivity contribution in [3.63, 3.8) is 0 Å². The summed E-state index contributed by atoms with van der Waals surface area (Å²) in [6, 6.07) is 19.5. The van der Waals surface area contributed by atoms with Crippen LogP contribution in [0.5, 0.6) is 0 Å². The van der Waals surface area contributed by atoms with E-state index in [1.807, 2.05) is 38.1 Å². The minimum atomic E-state index is -0.418. The highest BCUT2D eigenvalue weighted by molar-refractivity contribution is 6.46. The molecular formula is C24H18Cl2N2O2. The molecule has 1 heterocycles. The van der Waals surface area contributed by atoms with Gasteiger partial charge in [-0.2, -0.15) is 0 Å². The molecule has 0 aromatic heterocycles. The molecule has 3 aromatic carbocycles. The Morgan fingerprint density at radius 2 is 1.43 bits per heavy atom. The van der Waals surface area contributed by atoms with Crippen LogP contribution < -0.4 is 10.2 Å². The number of aryl methyl sites for hydroxylation is 2. The number of imide groups is 1. The van der Waals surface area contributed by atoms with E-state index in [1.54, 1.807) is 42.5 Å². The van der Waals surface area contributed by atoms with Crippen LogP contribution in [0.25, 0.3) is 5.57 Å². The minimum Gasteiger partial charge on any atom is -0.350 e.